The third-order valence-electron chi connectivity index (χ3n) is 2.41. The molecular weight excluding hydrogens is 306 g/mol. The molecule has 1 amide bonds. The summed E-state index contributed by atoms with van der Waals surface area (Å²) in [6, 6.07) is 4.77. The van der Waals surface area contributed by atoms with Crippen molar-refractivity contribution in [3.8, 4) is 11.5 Å². The summed E-state index contributed by atoms with van der Waals surface area (Å²) in [6.07, 6.45) is 0.177. The first-order valence-electron chi connectivity index (χ1n) is 6.24. The lowest BCUT2D eigenvalue weighted by molar-refractivity contribution is -0.121. The number of benzene rings is 1. The smallest absolute Gasteiger partial charge is 0.387 e. The fourth-order valence-corrected chi connectivity index (χ4v) is 1.61. The van der Waals surface area contributed by atoms with Crippen LogP contribution in [-0.4, -0.2) is 25.7 Å². The van der Waals surface area contributed by atoms with E-state index in [1.165, 1.54) is 6.07 Å². The highest BCUT2D eigenvalue weighted by molar-refractivity contribution is 5.85. The predicted octanol–water partition coefficient (Wildman–Crippen LogP) is 2.07. The van der Waals surface area contributed by atoms with Crippen LogP contribution in [0.15, 0.2) is 18.2 Å². The molecule has 5 nitrogen and oxygen atoms in total. The second-order valence-corrected chi connectivity index (χ2v) is 3.87. The number of halogens is 3. The number of hydrogen-bond acceptors (Lipinski definition) is 4. The van der Waals surface area contributed by atoms with Crippen molar-refractivity contribution in [2.45, 2.75) is 26.5 Å². The molecule has 120 valence electrons. The van der Waals surface area contributed by atoms with Gasteiger partial charge in [-0.3, -0.25) is 4.79 Å². The Kier molecular flexibility index (Phi) is 9.40. The zero-order valence-electron chi connectivity index (χ0n) is 11.6. The molecule has 21 heavy (non-hydrogen) atoms. The Hall–Kier alpha value is -1.60. The predicted molar refractivity (Wildman–Crippen MR) is 77.0 cm³/mol. The minimum Gasteiger partial charge on any atom is -0.490 e. The Morgan fingerprint density at radius 1 is 1.43 bits per heavy atom. The van der Waals surface area contributed by atoms with Gasteiger partial charge in [-0.1, -0.05) is 12.1 Å². The van der Waals surface area contributed by atoms with Gasteiger partial charge in [0.25, 0.3) is 0 Å². The van der Waals surface area contributed by atoms with Crippen LogP contribution >= 0.6 is 12.4 Å². The molecule has 0 bridgehead atoms. The van der Waals surface area contributed by atoms with E-state index in [1.807, 2.05) is 0 Å². The standard InChI is InChI=1S/C13H18F2N2O3.ClH/c1-2-19-10-5-3-4-9(12(10)20-13(14)15)8-17-11(18)6-7-16;/h3-5,13H,2,6-8,16H2,1H3,(H,17,18);1H. The zero-order valence-corrected chi connectivity index (χ0v) is 12.4. The lowest BCUT2D eigenvalue weighted by atomic mass is 10.2. The van der Waals surface area contributed by atoms with Crippen molar-refractivity contribution < 1.29 is 23.0 Å². The first kappa shape index (κ1) is 19.4. The highest BCUT2D eigenvalue weighted by Crippen LogP contribution is 2.32. The van der Waals surface area contributed by atoms with Crippen LogP contribution in [0.5, 0.6) is 11.5 Å². The number of hydrogen-bond donors (Lipinski definition) is 2. The second kappa shape index (κ2) is 10.2. The van der Waals surface area contributed by atoms with Gasteiger partial charge in [-0.25, -0.2) is 0 Å². The SMILES string of the molecule is CCOc1cccc(CNC(=O)CCN)c1OC(F)F.Cl. The Labute approximate surface area is 128 Å². The van der Waals surface area contributed by atoms with Crippen LogP contribution in [0.25, 0.3) is 0 Å². The summed E-state index contributed by atoms with van der Waals surface area (Å²) < 4.78 is 34.6. The maximum atomic E-state index is 12.5. The lowest BCUT2D eigenvalue weighted by Gasteiger charge is -2.15. The third kappa shape index (κ3) is 6.59. The van der Waals surface area contributed by atoms with E-state index in [4.69, 9.17) is 10.5 Å². The van der Waals surface area contributed by atoms with Gasteiger partial charge in [0.05, 0.1) is 6.61 Å². The summed E-state index contributed by atoms with van der Waals surface area (Å²) in [5.74, 6) is -0.0897. The van der Waals surface area contributed by atoms with Crippen molar-refractivity contribution in [1.82, 2.24) is 5.32 Å². The van der Waals surface area contributed by atoms with E-state index in [0.717, 1.165) is 0 Å². The number of rotatable bonds is 8. The fourth-order valence-electron chi connectivity index (χ4n) is 1.61. The van der Waals surface area contributed by atoms with E-state index in [0.29, 0.717) is 12.2 Å². The molecule has 3 N–H and O–H groups in total. The maximum Gasteiger partial charge on any atom is 0.387 e. The van der Waals surface area contributed by atoms with Gasteiger partial charge >= 0.3 is 6.61 Å². The van der Waals surface area contributed by atoms with Gasteiger partial charge in [0.1, 0.15) is 0 Å². The molecule has 8 heteroatoms. The van der Waals surface area contributed by atoms with E-state index in [1.54, 1.807) is 19.1 Å². The highest BCUT2D eigenvalue weighted by atomic mass is 35.5. The Balaban J connectivity index is 0.00000400. The van der Waals surface area contributed by atoms with Crippen LogP contribution in [0.1, 0.15) is 18.9 Å². The van der Waals surface area contributed by atoms with Crippen molar-refractivity contribution in [2.75, 3.05) is 13.2 Å². The molecule has 1 rings (SSSR count). The molecule has 0 heterocycles. The van der Waals surface area contributed by atoms with Gasteiger partial charge in [0, 0.05) is 25.1 Å². The summed E-state index contributed by atoms with van der Waals surface area (Å²) in [5.41, 5.74) is 5.67. The van der Waals surface area contributed by atoms with Crippen LogP contribution in [0, 0.1) is 0 Å². The van der Waals surface area contributed by atoms with Crippen molar-refractivity contribution in [2.24, 2.45) is 5.73 Å². The fraction of sp³-hybridized carbons (Fsp3) is 0.462. The van der Waals surface area contributed by atoms with Crippen molar-refractivity contribution in [3.63, 3.8) is 0 Å². The van der Waals surface area contributed by atoms with Gasteiger partial charge in [0.15, 0.2) is 11.5 Å². The molecule has 0 aliphatic heterocycles. The van der Waals surface area contributed by atoms with Crippen molar-refractivity contribution in [1.29, 1.82) is 0 Å². The van der Waals surface area contributed by atoms with Crippen LogP contribution in [0.4, 0.5) is 8.78 Å². The average Bonchev–Trinajstić information content (AvgIpc) is 2.39. The number of nitrogens with two attached hydrogens (primary N) is 1. The lowest BCUT2D eigenvalue weighted by Crippen LogP contribution is -2.25. The first-order chi connectivity index (χ1) is 9.58. The minimum atomic E-state index is -2.96. The molecule has 0 unspecified atom stereocenters. The molecule has 0 radical (unpaired) electrons. The normalized spacial score (nSPS) is 9.95. The first-order valence-corrected chi connectivity index (χ1v) is 6.24. The van der Waals surface area contributed by atoms with Gasteiger partial charge in [0.2, 0.25) is 5.91 Å². The van der Waals surface area contributed by atoms with E-state index >= 15 is 0 Å². The molecule has 0 fully saturated rings. The van der Waals surface area contributed by atoms with Crippen molar-refractivity contribution >= 4 is 18.3 Å². The summed E-state index contributed by atoms with van der Waals surface area (Å²) in [6.45, 7) is -0.604. The molecule has 0 saturated carbocycles. The molecule has 0 atom stereocenters. The van der Waals surface area contributed by atoms with Crippen LogP contribution in [0.3, 0.4) is 0 Å². The zero-order chi connectivity index (χ0) is 15.0. The largest absolute Gasteiger partial charge is 0.490 e. The summed E-state index contributed by atoms with van der Waals surface area (Å²) in [4.78, 5) is 11.3. The Bertz CT molecular complexity index is 447. The molecule has 0 aromatic heterocycles. The van der Waals surface area contributed by atoms with Gasteiger partial charge < -0.3 is 20.5 Å². The molecule has 1 aromatic rings. The monoisotopic (exact) mass is 324 g/mol. The number of alkyl halides is 2. The molecular formula is C13H19ClF2N2O3. The topological polar surface area (TPSA) is 73.6 Å². The number of carbonyl (C=O) groups is 1. The summed E-state index contributed by atoms with van der Waals surface area (Å²) >= 11 is 0. The highest BCUT2D eigenvalue weighted by Gasteiger charge is 2.16. The van der Waals surface area contributed by atoms with E-state index in [2.05, 4.69) is 10.1 Å². The minimum absolute atomic E-state index is 0. The average molecular weight is 325 g/mol. The quantitative estimate of drug-likeness (QED) is 0.768. The molecule has 0 aliphatic carbocycles. The number of para-hydroxylation sites is 1. The van der Waals surface area contributed by atoms with Crippen LogP contribution in [0.2, 0.25) is 0 Å². The molecule has 0 spiro atoms. The number of ether oxygens (including phenoxy) is 2. The van der Waals surface area contributed by atoms with E-state index in [-0.39, 0.29) is 49.3 Å². The second-order valence-electron chi connectivity index (χ2n) is 3.87. The van der Waals surface area contributed by atoms with Gasteiger partial charge in [-0.15, -0.1) is 12.4 Å². The van der Waals surface area contributed by atoms with Gasteiger partial charge in [-0.05, 0) is 13.0 Å². The Morgan fingerprint density at radius 2 is 2.14 bits per heavy atom. The molecule has 0 aliphatic rings. The summed E-state index contributed by atoms with van der Waals surface area (Å²) in [5, 5.41) is 2.58. The van der Waals surface area contributed by atoms with Crippen LogP contribution in [-0.2, 0) is 11.3 Å². The van der Waals surface area contributed by atoms with E-state index < -0.39 is 6.61 Å². The maximum absolute atomic E-state index is 12.5. The number of carbonyl (C=O) groups excluding carboxylic acids is 1. The van der Waals surface area contributed by atoms with Crippen molar-refractivity contribution in [3.05, 3.63) is 23.8 Å². The Morgan fingerprint density at radius 3 is 2.71 bits per heavy atom. The van der Waals surface area contributed by atoms with E-state index in [9.17, 15) is 13.6 Å². The number of amides is 1. The third-order valence-corrected chi connectivity index (χ3v) is 2.41. The summed E-state index contributed by atoms with van der Waals surface area (Å²) in [7, 11) is 0. The number of nitrogens with one attached hydrogen (secondary N) is 1. The molecule has 1 aromatic carbocycles. The molecule has 0 saturated heterocycles. The van der Waals surface area contributed by atoms with Gasteiger partial charge in [-0.2, -0.15) is 8.78 Å². The van der Waals surface area contributed by atoms with Crippen LogP contribution < -0.4 is 20.5 Å².